The quantitative estimate of drug-likeness (QED) is 0.109. The second-order valence-corrected chi connectivity index (χ2v) is 12.0. The van der Waals surface area contributed by atoms with E-state index in [-0.39, 0.29) is 98.4 Å². The molecule has 0 saturated carbocycles. The molecule has 6 rings (SSSR count). The van der Waals surface area contributed by atoms with Gasteiger partial charge in [-0.1, -0.05) is 108 Å². The number of azo groups is 2. The Morgan fingerprint density at radius 2 is 1.33 bits per heavy atom. The summed E-state index contributed by atoms with van der Waals surface area (Å²) in [5, 5.41) is 67.6. The number of nitrogens with zero attached hydrogens (tertiary/aromatic N) is 4. The number of para-hydroxylation sites is 1. The molecule has 0 aromatic heterocycles. The number of halogens is 1. The van der Waals surface area contributed by atoms with E-state index in [1.165, 1.54) is 42.5 Å². The minimum atomic E-state index is -5.09. The number of fused-ring (bicyclic) bond motifs is 2. The van der Waals surface area contributed by atoms with E-state index in [0.717, 1.165) is 29.0 Å². The summed E-state index contributed by atoms with van der Waals surface area (Å²) in [5.41, 5.74) is -0.291. The van der Waals surface area contributed by atoms with Gasteiger partial charge in [-0.15, -0.1) is 5.11 Å². The molecule has 0 unspecified atom stereocenters. The minimum absolute atomic E-state index is 0. The number of nitrogens with one attached hydrogen (secondary N) is 1. The van der Waals surface area contributed by atoms with Crippen molar-refractivity contribution in [3.8, 4) is 23.0 Å². The van der Waals surface area contributed by atoms with Gasteiger partial charge in [0, 0.05) is 16.1 Å². The van der Waals surface area contributed by atoms with Crippen molar-refractivity contribution in [2.45, 2.75) is 4.90 Å². The molecule has 1 radical (unpaired) electrons. The van der Waals surface area contributed by atoms with Crippen molar-refractivity contribution in [3.05, 3.63) is 121 Å². The zero-order chi connectivity index (χ0) is 36.0. The molecule has 13 nitrogen and oxygen atoms in total. The number of hydrogen-bond acceptors (Lipinski definition) is 12. The first kappa shape index (κ1) is 41.6. The van der Waals surface area contributed by atoms with Crippen LogP contribution in [0.5, 0.6) is 23.0 Å². The molecule has 255 valence electrons. The summed E-state index contributed by atoms with van der Waals surface area (Å²) in [4.78, 5) is 10.6. The van der Waals surface area contributed by atoms with Crippen molar-refractivity contribution in [1.82, 2.24) is 0 Å². The van der Waals surface area contributed by atoms with Gasteiger partial charge in [-0.2, -0.15) is 15.3 Å². The molecule has 1 amide bonds. The molecule has 0 fully saturated rings. The van der Waals surface area contributed by atoms with Gasteiger partial charge in [0.05, 0.1) is 27.6 Å². The van der Waals surface area contributed by atoms with E-state index in [2.05, 4.69) is 32.4 Å². The van der Waals surface area contributed by atoms with E-state index in [9.17, 15) is 38.2 Å². The molecular weight excluding hydrogens is 761 g/mol. The van der Waals surface area contributed by atoms with Crippen molar-refractivity contribution < 1.29 is 86.5 Å². The molecule has 17 heteroatoms. The molecule has 0 atom stereocenters. The Hall–Kier alpha value is -4.82. The van der Waals surface area contributed by atoms with Gasteiger partial charge in [0.2, 0.25) is 5.91 Å². The number of carbonyl (C=O) groups excluding carboxylic acids is 1. The third-order valence-electron chi connectivity index (χ3n) is 6.92. The molecule has 0 heterocycles. The van der Waals surface area contributed by atoms with Gasteiger partial charge in [-0.3, -0.25) is 4.79 Å². The van der Waals surface area contributed by atoms with Crippen LogP contribution in [0.4, 0.5) is 28.4 Å². The summed E-state index contributed by atoms with van der Waals surface area (Å²) in [6, 6.07) is 25.6. The van der Waals surface area contributed by atoms with E-state index >= 15 is 0 Å². The topological polar surface area (TPSA) is 228 Å². The fourth-order valence-electron chi connectivity index (χ4n) is 4.54. The minimum Gasteiger partial charge on any atom is -0.871 e. The van der Waals surface area contributed by atoms with Crippen LogP contribution in [0.15, 0.2) is 141 Å². The molecule has 6 aromatic carbocycles. The number of amides is 1. The van der Waals surface area contributed by atoms with Crippen LogP contribution in [0.1, 0.15) is 1.43 Å². The summed E-state index contributed by atoms with van der Waals surface area (Å²) in [7, 11) is -5.09. The van der Waals surface area contributed by atoms with E-state index in [1.807, 2.05) is 24.3 Å². The zero-order valence-electron chi connectivity index (χ0n) is 27.8. The first-order chi connectivity index (χ1) is 23.8. The largest absolute Gasteiger partial charge is 3.00 e. The Bertz CT molecular complexity index is 2470. The molecule has 0 saturated heterocycles. The maximum Gasteiger partial charge on any atom is 3.00 e. The summed E-state index contributed by atoms with van der Waals surface area (Å²) < 4.78 is 35.1. The Morgan fingerprint density at radius 1 is 0.712 bits per heavy atom. The maximum absolute atomic E-state index is 12.9. The third-order valence-corrected chi connectivity index (χ3v) is 8.01. The van der Waals surface area contributed by atoms with Crippen LogP contribution < -0.4 is 55.3 Å². The van der Waals surface area contributed by atoms with Gasteiger partial charge in [-0.05, 0) is 58.6 Å². The van der Waals surface area contributed by atoms with Gasteiger partial charge >= 0.3 is 48.3 Å². The summed E-state index contributed by atoms with van der Waals surface area (Å²) in [6.45, 7) is 3.32. The average Bonchev–Trinajstić information content (AvgIpc) is 3.09. The third kappa shape index (κ3) is 9.94. The van der Waals surface area contributed by atoms with Crippen LogP contribution in [0.25, 0.3) is 21.5 Å². The fourth-order valence-corrected chi connectivity index (χ4v) is 5.35. The Balaban J connectivity index is 0.000000370. The van der Waals surface area contributed by atoms with Crippen LogP contribution >= 0.6 is 11.6 Å². The first-order valence-corrected chi connectivity index (χ1v) is 16.1. The number of carbonyl (C=O) groups is 1. The second-order valence-electron chi connectivity index (χ2n) is 10.2. The molecule has 0 aliphatic carbocycles. The number of hydrogen-bond donors (Lipinski definition) is 1. The van der Waals surface area contributed by atoms with Gasteiger partial charge in [0.1, 0.15) is 10.1 Å². The van der Waals surface area contributed by atoms with Gasteiger partial charge < -0.3 is 30.3 Å². The van der Waals surface area contributed by atoms with E-state index in [1.54, 1.807) is 24.3 Å². The van der Waals surface area contributed by atoms with Crippen LogP contribution in [0, 0.1) is 0 Å². The fraction of sp³-hybridized carbons (Fsp3) is 0. The molecule has 0 spiro atoms. The number of anilines is 1. The van der Waals surface area contributed by atoms with Crippen molar-refractivity contribution in [3.63, 3.8) is 0 Å². The van der Waals surface area contributed by atoms with Crippen molar-refractivity contribution in [2.75, 3.05) is 5.32 Å². The van der Waals surface area contributed by atoms with E-state index in [4.69, 9.17) is 11.6 Å². The normalized spacial score (nSPS) is 11.0. The van der Waals surface area contributed by atoms with Crippen molar-refractivity contribution >= 4 is 77.6 Å². The van der Waals surface area contributed by atoms with Crippen molar-refractivity contribution in [1.29, 1.82) is 0 Å². The molecule has 52 heavy (non-hydrogen) atoms. The van der Waals surface area contributed by atoms with Gasteiger partial charge in [0.15, 0.2) is 0 Å². The SMILES string of the molecule is C=CC(=O)Nc1ccc2cc(S(=O)(=O)[O-])c(N=Nc3cc(Cl)ccc3[O-])c([O-])c2c1.[Cr+3].[H+].[Na+].[O-]c1ccccc1N=Nc1c([O-])ccc2ccccc12. The van der Waals surface area contributed by atoms with Crippen LogP contribution in [0.3, 0.4) is 0 Å². The molecule has 1 N–H and O–H groups in total. The first-order valence-electron chi connectivity index (χ1n) is 14.3. The molecule has 0 aliphatic rings. The second kappa shape index (κ2) is 18.1. The molecule has 0 bridgehead atoms. The predicted octanol–water partition coefficient (Wildman–Crippen LogP) is 3.60. The maximum atomic E-state index is 12.9. The monoisotopic (exact) mass is 782 g/mol. The number of benzene rings is 6. The molecular formula is C35H22ClCrN5NaO8S. The van der Waals surface area contributed by atoms with E-state index < -0.39 is 38.1 Å². The zero-order valence-corrected chi connectivity index (χ0v) is 31.7. The summed E-state index contributed by atoms with van der Waals surface area (Å²) in [6.07, 6.45) is 1.03. The van der Waals surface area contributed by atoms with Crippen LogP contribution in [0.2, 0.25) is 5.02 Å². The molecule has 6 aromatic rings. The Morgan fingerprint density at radius 3 is 2.04 bits per heavy atom. The van der Waals surface area contributed by atoms with E-state index in [0.29, 0.717) is 0 Å². The molecule has 0 aliphatic heterocycles. The number of rotatable bonds is 7. The Labute approximate surface area is 336 Å². The standard InChI is InChI=1S/C19H14ClN3O6S.C16H12N2O2.Cr.Na/c1-2-17(25)21-12-5-3-10-7-16(30(27,28)29)18(19(26)13(10)9-12)23-22-14-8-11(20)4-6-15(14)24;19-14-8-4-3-7-13(14)17-18-16-12-6-2-1-5-11(12)9-10-15(16)20;;/h2-9,24,26H,1H2,(H,21,25)(H,27,28,29);1-10,19-20H;;/q;;+3;+1/p-4. The van der Waals surface area contributed by atoms with Gasteiger partial charge in [0.25, 0.3) is 0 Å². The Kier molecular flexibility index (Phi) is 14.5. The smallest absolute Gasteiger partial charge is 0.871 e. The van der Waals surface area contributed by atoms with Crippen LogP contribution in [-0.2, 0) is 32.3 Å². The average molecular weight is 783 g/mol. The van der Waals surface area contributed by atoms with Crippen LogP contribution in [-0.4, -0.2) is 18.9 Å². The summed E-state index contributed by atoms with van der Waals surface area (Å²) >= 11 is 5.79. The van der Waals surface area contributed by atoms with Crippen molar-refractivity contribution in [2.24, 2.45) is 20.5 Å². The van der Waals surface area contributed by atoms with Gasteiger partial charge in [-0.25, -0.2) is 8.42 Å². The predicted molar refractivity (Wildman–Crippen MR) is 180 cm³/mol. The summed E-state index contributed by atoms with van der Waals surface area (Å²) in [5.74, 6) is -2.45.